The number of rotatable bonds is 6. The van der Waals surface area contributed by atoms with Gasteiger partial charge in [0.05, 0.1) is 9.98 Å². The van der Waals surface area contributed by atoms with E-state index in [-0.39, 0.29) is 22.9 Å². The van der Waals surface area contributed by atoms with Crippen molar-refractivity contribution in [1.82, 2.24) is 19.7 Å². The maximum Gasteiger partial charge on any atom is 0.573 e. The van der Waals surface area contributed by atoms with Crippen molar-refractivity contribution in [3.63, 3.8) is 0 Å². The van der Waals surface area contributed by atoms with Crippen LogP contribution in [-0.4, -0.2) is 31.9 Å². The quantitative estimate of drug-likeness (QED) is 0.427. The number of thiazole rings is 1. The normalized spacial score (nSPS) is 12.8. The van der Waals surface area contributed by atoms with Gasteiger partial charge in [0.15, 0.2) is 5.78 Å². The summed E-state index contributed by atoms with van der Waals surface area (Å²) in [6.45, 7) is 1.76. The average molecular weight is 496 g/mol. The highest BCUT2D eigenvalue weighted by atomic mass is 79.9. The van der Waals surface area contributed by atoms with Gasteiger partial charge >= 0.3 is 6.36 Å². The van der Waals surface area contributed by atoms with Gasteiger partial charge in [-0.25, -0.2) is 9.97 Å². The molecule has 0 aliphatic carbocycles. The van der Waals surface area contributed by atoms with E-state index in [1.165, 1.54) is 28.4 Å². The first-order valence-electron chi connectivity index (χ1n) is 7.73. The van der Waals surface area contributed by atoms with Crippen LogP contribution in [0.4, 0.5) is 13.2 Å². The number of aromatic nitrogens is 4. The molecule has 0 aliphatic rings. The smallest absolute Gasteiger partial charge is 0.406 e. The standard InChI is InChI=1S/C16H11BrClF3N4O2S/c1-8(14-23-7-24-25(14)15-22-6-13(17)28-15)2-12(26)9-3-10(18)5-11(4-9)27-16(19,20)21/h3-8H,2H2,1H3/t8-/m1/s1. The zero-order valence-corrected chi connectivity index (χ0v) is 17.2. The second-order valence-electron chi connectivity index (χ2n) is 5.73. The van der Waals surface area contributed by atoms with E-state index in [1.54, 1.807) is 13.1 Å². The van der Waals surface area contributed by atoms with Crippen molar-refractivity contribution in [1.29, 1.82) is 0 Å². The van der Waals surface area contributed by atoms with E-state index in [1.807, 2.05) is 0 Å². The third kappa shape index (κ3) is 5.09. The molecular formula is C16H11BrClF3N4O2S. The van der Waals surface area contributed by atoms with Gasteiger partial charge in [-0.2, -0.15) is 9.78 Å². The molecule has 3 rings (SSSR count). The van der Waals surface area contributed by atoms with Crippen LogP contribution in [0.1, 0.15) is 35.4 Å². The van der Waals surface area contributed by atoms with E-state index in [4.69, 9.17) is 11.6 Å². The second-order valence-corrected chi connectivity index (χ2v) is 8.55. The van der Waals surface area contributed by atoms with Crippen molar-refractivity contribution in [2.45, 2.75) is 25.6 Å². The number of nitrogens with zero attached hydrogens (tertiary/aromatic N) is 4. The topological polar surface area (TPSA) is 69.9 Å². The molecule has 0 N–H and O–H groups in total. The maximum atomic E-state index is 12.6. The van der Waals surface area contributed by atoms with Crippen LogP contribution < -0.4 is 4.74 Å². The SMILES string of the molecule is C[C@H](CC(=O)c1cc(Cl)cc(OC(F)(F)F)c1)c1ncnn1-c1ncc(Br)s1. The molecule has 2 heterocycles. The summed E-state index contributed by atoms with van der Waals surface area (Å²) in [4.78, 5) is 21.0. The molecule has 6 nitrogen and oxygen atoms in total. The predicted molar refractivity (Wildman–Crippen MR) is 100 cm³/mol. The highest BCUT2D eigenvalue weighted by molar-refractivity contribution is 9.11. The summed E-state index contributed by atoms with van der Waals surface area (Å²) in [5.41, 5.74) is 0.0154. The van der Waals surface area contributed by atoms with Crippen molar-refractivity contribution in [3.05, 3.63) is 50.9 Å². The van der Waals surface area contributed by atoms with Gasteiger partial charge < -0.3 is 4.74 Å². The lowest BCUT2D eigenvalue weighted by Crippen LogP contribution is -2.17. The highest BCUT2D eigenvalue weighted by Crippen LogP contribution is 2.30. The Morgan fingerprint density at radius 2 is 2.11 bits per heavy atom. The summed E-state index contributed by atoms with van der Waals surface area (Å²) in [5, 5.41) is 4.66. The van der Waals surface area contributed by atoms with E-state index >= 15 is 0 Å². The summed E-state index contributed by atoms with van der Waals surface area (Å²) >= 11 is 10.5. The monoisotopic (exact) mass is 494 g/mol. The molecule has 2 aromatic heterocycles. The molecule has 148 valence electrons. The minimum atomic E-state index is -4.88. The molecule has 0 saturated carbocycles. The van der Waals surface area contributed by atoms with Crippen LogP contribution in [0, 0.1) is 0 Å². The van der Waals surface area contributed by atoms with Crippen molar-refractivity contribution in [3.8, 4) is 10.9 Å². The maximum absolute atomic E-state index is 12.6. The molecule has 1 atom stereocenters. The average Bonchev–Trinajstić information content (AvgIpc) is 3.21. The fraction of sp³-hybridized carbons (Fsp3) is 0.250. The lowest BCUT2D eigenvalue weighted by atomic mass is 9.99. The van der Waals surface area contributed by atoms with Gasteiger partial charge in [0.25, 0.3) is 0 Å². The van der Waals surface area contributed by atoms with Crippen LogP contribution in [0.15, 0.2) is 34.5 Å². The fourth-order valence-electron chi connectivity index (χ4n) is 2.48. The lowest BCUT2D eigenvalue weighted by Gasteiger charge is -2.13. The van der Waals surface area contributed by atoms with Gasteiger partial charge in [-0.3, -0.25) is 4.79 Å². The van der Waals surface area contributed by atoms with Crippen molar-refractivity contribution in [2.75, 3.05) is 0 Å². The third-order valence-corrected chi connectivity index (χ3v) is 5.25. The van der Waals surface area contributed by atoms with Gasteiger partial charge in [-0.15, -0.1) is 13.2 Å². The van der Waals surface area contributed by atoms with E-state index in [0.29, 0.717) is 11.0 Å². The first-order valence-corrected chi connectivity index (χ1v) is 9.72. The number of carbonyl (C=O) groups is 1. The number of hydrogen-bond donors (Lipinski definition) is 0. The fourth-order valence-corrected chi connectivity index (χ4v) is 3.86. The number of halogens is 5. The van der Waals surface area contributed by atoms with Crippen LogP contribution in [0.25, 0.3) is 5.13 Å². The molecule has 0 unspecified atom stereocenters. The number of ketones is 1. The molecule has 0 amide bonds. The van der Waals surface area contributed by atoms with Crippen molar-refractivity contribution < 1.29 is 22.7 Å². The van der Waals surface area contributed by atoms with Crippen molar-refractivity contribution >= 4 is 44.7 Å². The summed E-state index contributed by atoms with van der Waals surface area (Å²) in [5.74, 6) is -0.823. The second kappa shape index (κ2) is 8.18. The first kappa shape index (κ1) is 20.7. The molecule has 0 bridgehead atoms. The van der Waals surface area contributed by atoms with E-state index in [2.05, 4.69) is 35.7 Å². The highest BCUT2D eigenvalue weighted by Gasteiger charge is 2.31. The number of benzene rings is 1. The Morgan fingerprint density at radius 3 is 2.75 bits per heavy atom. The van der Waals surface area contributed by atoms with E-state index in [9.17, 15) is 18.0 Å². The Hall–Kier alpha value is -1.98. The third-order valence-electron chi connectivity index (χ3n) is 3.58. The van der Waals surface area contributed by atoms with Gasteiger partial charge in [-0.05, 0) is 34.1 Å². The molecule has 12 heteroatoms. The summed E-state index contributed by atoms with van der Waals surface area (Å²) < 4.78 is 43.5. The summed E-state index contributed by atoms with van der Waals surface area (Å²) in [6, 6.07) is 3.30. The van der Waals surface area contributed by atoms with E-state index in [0.717, 1.165) is 15.9 Å². The lowest BCUT2D eigenvalue weighted by molar-refractivity contribution is -0.274. The van der Waals surface area contributed by atoms with Crippen molar-refractivity contribution in [2.24, 2.45) is 0 Å². The van der Waals surface area contributed by atoms with Gasteiger partial charge in [0, 0.05) is 22.9 Å². The minimum Gasteiger partial charge on any atom is -0.406 e. The molecule has 3 aromatic rings. The van der Waals surface area contributed by atoms with Crippen LogP contribution in [0.2, 0.25) is 5.02 Å². The number of Topliss-reactive ketones (excluding diaryl/α,β-unsaturated/α-hetero) is 1. The van der Waals surface area contributed by atoms with Crippen LogP contribution in [-0.2, 0) is 0 Å². The molecule has 1 aromatic carbocycles. The zero-order valence-electron chi connectivity index (χ0n) is 14.1. The summed E-state index contributed by atoms with van der Waals surface area (Å²) in [6.07, 6.45) is -1.93. The number of ether oxygens (including phenoxy) is 1. The van der Waals surface area contributed by atoms with Gasteiger partial charge in [0.1, 0.15) is 17.9 Å². The largest absolute Gasteiger partial charge is 0.573 e. The summed E-state index contributed by atoms with van der Waals surface area (Å²) in [7, 11) is 0. The first-order chi connectivity index (χ1) is 13.1. The van der Waals surface area contributed by atoms with Crippen LogP contribution in [0.3, 0.4) is 0 Å². The molecular weight excluding hydrogens is 485 g/mol. The zero-order chi connectivity index (χ0) is 20.5. The molecule has 28 heavy (non-hydrogen) atoms. The Bertz CT molecular complexity index is 1010. The molecule has 0 spiro atoms. The minimum absolute atomic E-state index is 0.0154. The molecule has 0 saturated heterocycles. The van der Waals surface area contributed by atoms with Gasteiger partial charge in [-0.1, -0.05) is 29.9 Å². The van der Waals surface area contributed by atoms with E-state index < -0.39 is 17.9 Å². The van der Waals surface area contributed by atoms with Gasteiger partial charge in [0.2, 0.25) is 5.13 Å². The molecule has 0 radical (unpaired) electrons. The Morgan fingerprint density at radius 1 is 1.36 bits per heavy atom. The number of carbonyl (C=O) groups excluding carboxylic acids is 1. The Kier molecular flexibility index (Phi) is 6.06. The molecule has 0 aliphatic heterocycles. The Labute approximate surface area is 174 Å². The molecule has 0 fully saturated rings. The van der Waals surface area contributed by atoms with Crippen LogP contribution in [0.5, 0.6) is 5.75 Å². The van der Waals surface area contributed by atoms with Crippen LogP contribution >= 0.6 is 38.9 Å². The predicted octanol–water partition coefficient (Wildman–Crippen LogP) is 5.41. The number of alkyl halides is 3. The Balaban J connectivity index is 1.80. The number of hydrogen-bond acceptors (Lipinski definition) is 6.